The fourth-order valence-electron chi connectivity index (χ4n) is 2.61. The van der Waals surface area contributed by atoms with E-state index in [9.17, 15) is 13.2 Å². The van der Waals surface area contributed by atoms with E-state index in [4.69, 9.17) is 9.47 Å². The van der Waals surface area contributed by atoms with Crippen LogP contribution in [0.1, 0.15) is 6.92 Å². The minimum atomic E-state index is -3.72. The van der Waals surface area contributed by atoms with Crippen molar-refractivity contribution in [3.63, 3.8) is 0 Å². The van der Waals surface area contributed by atoms with Gasteiger partial charge >= 0.3 is 0 Å². The zero-order chi connectivity index (χ0) is 17.9. The number of piperazine rings is 1. The molecule has 0 bridgehead atoms. The Bertz CT molecular complexity index is 712. The highest BCUT2D eigenvalue weighted by molar-refractivity contribution is 7.89. The first-order chi connectivity index (χ1) is 11.3. The number of hydrogen-bond acceptors (Lipinski definition) is 5. The van der Waals surface area contributed by atoms with Crippen LogP contribution in [0, 0.1) is 0 Å². The Labute approximate surface area is 142 Å². The van der Waals surface area contributed by atoms with Crippen molar-refractivity contribution in [2.75, 3.05) is 52.8 Å². The number of likely N-dealkylation sites (N-methyl/N-ethyl adjacent to an activating group) is 1. The Morgan fingerprint density at radius 2 is 1.75 bits per heavy atom. The SMILES string of the molecule is COc1cc(OC)c(S(=O)(=O)N2CC[NH+](C)CC2)cc1NC(C)=O. The van der Waals surface area contributed by atoms with E-state index in [2.05, 4.69) is 5.32 Å². The summed E-state index contributed by atoms with van der Waals surface area (Å²) >= 11 is 0. The summed E-state index contributed by atoms with van der Waals surface area (Å²) < 4.78 is 37.9. The van der Waals surface area contributed by atoms with Crippen LogP contribution >= 0.6 is 0 Å². The molecule has 1 saturated heterocycles. The molecule has 0 atom stereocenters. The van der Waals surface area contributed by atoms with Crippen LogP contribution in [0.2, 0.25) is 0 Å². The monoisotopic (exact) mass is 358 g/mol. The van der Waals surface area contributed by atoms with Crippen molar-refractivity contribution in [2.45, 2.75) is 11.8 Å². The third-order valence-electron chi connectivity index (χ3n) is 3.99. The number of ether oxygens (including phenoxy) is 2. The number of nitrogens with one attached hydrogen (secondary N) is 2. The Morgan fingerprint density at radius 1 is 1.17 bits per heavy atom. The molecule has 2 rings (SSSR count). The predicted molar refractivity (Wildman–Crippen MR) is 89.2 cm³/mol. The summed E-state index contributed by atoms with van der Waals surface area (Å²) in [6, 6.07) is 2.86. The number of amides is 1. The highest BCUT2D eigenvalue weighted by Crippen LogP contribution is 2.36. The van der Waals surface area contributed by atoms with Gasteiger partial charge in [0.25, 0.3) is 0 Å². The summed E-state index contributed by atoms with van der Waals surface area (Å²) in [4.78, 5) is 12.7. The molecule has 8 nitrogen and oxygen atoms in total. The summed E-state index contributed by atoms with van der Waals surface area (Å²) in [6.45, 7) is 3.73. The number of carbonyl (C=O) groups is 1. The summed E-state index contributed by atoms with van der Waals surface area (Å²) in [6.07, 6.45) is 0. The van der Waals surface area contributed by atoms with Crippen molar-refractivity contribution in [3.05, 3.63) is 12.1 Å². The van der Waals surface area contributed by atoms with Crippen LogP contribution in [0.25, 0.3) is 0 Å². The molecule has 1 aliphatic rings. The van der Waals surface area contributed by atoms with E-state index in [0.29, 0.717) is 24.5 Å². The van der Waals surface area contributed by atoms with Gasteiger partial charge in [-0.2, -0.15) is 4.31 Å². The smallest absolute Gasteiger partial charge is 0.247 e. The fourth-order valence-corrected chi connectivity index (χ4v) is 4.21. The van der Waals surface area contributed by atoms with Gasteiger partial charge in [-0.15, -0.1) is 0 Å². The first-order valence-electron chi connectivity index (χ1n) is 7.64. The molecule has 0 radical (unpaired) electrons. The number of quaternary nitrogens is 1. The van der Waals surface area contributed by atoms with Crippen LogP contribution < -0.4 is 19.7 Å². The van der Waals surface area contributed by atoms with Gasteiger partial charge in [0.2, 0.25) is 15.9 Å². The minimum absolute atomic E-state index is 0.0223. The first-order valence-corrected chi connectivity index (χ1v) is 9.08. The minimum Gasteiger partial charge on any atom is -0.495 e. The Morgan fingerprint density at radius 3 is 2.25 bits per heavy atom. The maximum absolute atomic E-state index is 13.0. The lowest BCUT2D eigenvalue weighted by molar-refractivity contribution is -0.883. The predicted octanol–water partition coefficient (Wildman–Crippen LogP) is -0.819. The second kappa shape index (κ2) is 7.37. The van der Waals surface area contributed by atoms with E-state index in [1.165, 1.54) is 42.5 Å². The molecule has 0 aromatic heterocycles. The molecule has 0 aliphatic carbocycles. The Kier molecular flexibility index (Phi) is 5.68. The van der Waals surface area contributed by atoms with Crippen molar-refractivity contribution in [3.8, 4) is 11.5 Å². The summed E-state index contributed by atoms with van der Waals surface area (Å²) in [5.41, 5.74) is 0.295. The van der Waals surface area contributed by atoms with E-state index in [1.54, 1.807) is 0 Å². The Hall–Kier alpha value is -1.84. The average molecular weight is 358 g/mol. The van der Waals surface area contributed by atoms with Crippen molar-refractivity contribution >= 4 is 21.6 Å². The van der Waals surface area contributed by atoms with Crippen molar-refractivity contribution in [2.24, 2.45) is 0 Å². The van der Waals surface area contributed by atoms with Crippen LogP contribution in [0.3, 0.4) is 0 Å². The van der Waals surface area contributed by atoms with E-state index in [-0.39, 0.29) is 16.6 Å². The van der Waals surface area contributed by atoms with Gasteiger partial charge in [0.1, 0.15) is 16.4 Å². The lowest BCUT2D eigenvalue weighted by atomic mass is 10.2. The lowest BCUT2D eigenvalue weighted by Crippen LogP contribution is -3.12. The van der Waals surface area contributed by atoms with Gasteiger partial charge in [-0.1, -0.05) is 0 Å². The lowest BCUT2D eigenvalue weighted by Gasteiger charge is -2.30. The maximum atomic E-state index is 13.0. The molecule has 1 amide bonds. The number of rotatable bonds is 5. The maximum Gasteiger partial charge on any atom is 0.247 e. The summed E-state index contributed by atoms with van der Waals surface area (Å²) in [5.74, 6) is 0.209. The summed E-state index contributed by atoms with van der Waals surface area (Å²) in [5, 5.41) is 2.59. The number of anilines is 1. The number of methoxy groups -OCH3 is 2. The van der Waals surface area contributed by atoms with Gasteiger partial charge in [0.15, 0.2) is 0 Å². The molecule has 1 heterocycles. The van der Waals surface area contributed by atoms with Gasteiger partial charge in [0.05, 0.1) is 53.1 Å². The van der Waals surface area contributed by atoms with Crippen LogP contribution in [0.15, 0.2) is 17.0 Å². The second-order valence-corrected chi connectivity index (χ2v) is 7.65. The van der Waals surface area contributed by atoms with Crippen LogP contribution in [0.4, 0.5) is 5.69 Å². The van der Waals surface area contributed by atoms with Crippen LogP contribution in [0.5, 0.6) is 11.5 Å². The first kappa shape index (κ1) is 18.5. The molecule has 0 spiro atoms. The molecule has 0 unspecified atom stereocenters. The third-order valence-corrected chi connectivity index (χ3v) is 5.91. The number of nitrogens with zero attached hydrogens (tertiary/aromatic N) is 1. The molecular weight excluding hydrogens is 334 g/mol. The van der Waals surface area contributed by atoms with Crippen LogP contribution in [-0.2, 0) is 14.8 Å². The van der Waals surface area contributed by atoms with Gasteiger partial charge in [0, 0.05) is 13.0 Å². The van der Waals surface area contributed by atoms with E-state index in [1.807, 2.05) is 7.05 Å². The molecule has 0 saturated carbocycles. The largest absolute Gasteiger partial charge is 0.495 e. The van der Waals surface area contributed by atoms with Gasteiger partial charge in [-0.3, -0.25) is 4.79 Å². The average Bonchev–Trinajstić information content (AvgIpc) is 2.54. The zero-order valence-electron chi connectivity index (χ0n) is 14.4. The number of hydrogen-bond donors (Lipinski definition) is 2. The highest BCUT2D eigenvalue weighted by atomic mass is 32.2. The quantitative estimate of drug-likeness (QED) is 0.718. The fraction of sp³-hybridized carbons (Fsp3) is 0.533. The number of benzene rings is 1. The summed E-state index contributed by atoms with van der Waals surface area (Å²) in [7, 11) is 1.16. The van der Waals surface area contributed by atoms with Crippen molar-refractivity contribution < 1.29 is 27.6 Å². The number of sulfonamides is 1. The zero-order valence-corrected chi connectivity index (χ0v) is 15.2. The standard InChI is InChI=1S/C15H23N3O5S/c1-11(19)16-12-9-15(14(23-4)10-13(12)22-3)24(20,21)18-7-5-17(2)6-8-18/h9-10H,5-8H2,1-4H3,(H,16,19)/p+1. The van der Waals surface area contributed by atoms with Crippen LogP contribution in [-0.4, -0.2) is 66.1 Å². The normalized spacial score (nSPS) is 16.7. The molecule has 1 fully saturated rings. The third kappa shape index (κ3) is 3.80. The second-order valence-electron chi connectivity index (χ2n) is 5.75. The van der Waals surface area contributed by atoms with E-state index >= 15 is 0 Å². The van der Waals surface area contributed by atoms with Gasteiger partial charge < -0.3 is 19.7 Å². The number of carbonyl (C=O) groups excluding carboxylic acids is 1. The van der Waals surface area contributed by atoms with Crippen molar-refractivity contribution in [1.29, 1.82) is 0 Å². The highest BCUT2D eigenvalue weighted by Gasteiger charge is 2.32. The van der Waals surface area contributed by atoms with Crippen molar-refractivity contribution in [1.82, 2.24) is 4.31 Å². The van der Waals surface area contributed by atoms with E-state index in [0.717, 1.165) is 13.1 Å². The molecular formula is C15H24N3O5S+. The van der Waals surface area contributed by atoms with Gasteiger partial charge in [-0.25, -0.2) is 8.42 Å². The molecule has 134 valence electrons. The molecule has 24 heavy (non-hydrogen) atoms. The topological polar surface area (TPSA) is 89.4 Å². The van der Waals surface area contributed by atoms with E-state index < -0.39 is 10.0 Å². The molecule has 1 aromatic carbocycles. The molecule has 1 aliphatic heterocycles. The molecule has 9 heteroatoms. The van der Waals surface area contributed by atoms with Gasteiger partial charge in [-0.05, 0) is 6.07 Å². The molecule has 1 aromatic rings. The molecule has 2 N–H and O–H groups in total. The Balaban J connectivity index is 2.48.